The minimum atomic E-state index is 0.452. The van der Waals surface area contributed by atoms with Crippen molar-refractivity contribution in [3.63, 3.8) is 0 Å². The number of nitrogens with one attached hydrogen (secondary N) is 1. The standard InChI is InChI=1S/C16H18N2S/c1-12-8-14(10-17)5-6-15(12)11-18-13(2)9-16-4-3-7-19-16/h3-8,13,18H,9,11H2,1-2H3. The summed E-state index contributed by atoms with van der Waals surface area (Å²) >= 11 is 1.80. The van der Waals surface area contributed by atoms with Crippen LogP contribution in [-0.2, 0) is 13.0 Å². The predicted octanol–water partition coefficient (Wildman–Crippen LogP) is 3.65. The molecule has 2 aromatic rings. The Morgan fingerprint density at radius 1 is 1.37 bits per heavy atom. The number of benzene rings is 1. The van der Waals surface area contributed by atoms with Crippen molar-refractivity contribution in [3.8, 4) is 6.07 Å². The molecule has 1 atom stereocenters. The van der Waals surface area contributed by atoms with Gasteiger partial charge >= 0.3 is 0 Å². The number of hydrogen-bond acceptors (Lipinski definition) is 3. The average molecular weight is 270 g/mol. The van der Waals surface area contributed by atoms with E-state index in [0.29, 0.717) is 6.04 Å². The molecular weight excluding hydrogens is 252 g/mol. The van der Waals surface area contributed by atoms with E-state index in [1.54, 1.807) is 11.3 Å². The monoisotopic (exact) mass is 270 g/mol. The molecule has 0 radical (unpaired) electrons. The molecule has 2 rings (SSSR count). The first-order valence-electron chi connectivity index (χ1n) is 6.44. The minimum Gasteiger partial charge on any atom is -0.310 e. The quantitative estimate of drug-likeness (QED) is 0.900. The third-order valence-corrected chi connectivity index (χ3v) is 4.10. The molecule has 0 saturated carbocycles. The zero-order chi connectivity index (χ0) is 13.7. The summed E-state index contributed by atoms with van der Waals surface area (Å²) in [5, 5.41) is 14.5. The Labute approximate surface area is 118 Å². The second kappa shape index (κ2) is 6.51. The van der Waals surface area contributed by atoms with Gasteiger partial charge in [0.15, 0.2) is 0 Å². The van der Waals surface area contributed by atoms with Gasteiger partial charge in [-0.05, 0) is 55.0 Å². The van der Waals surface area contributed by atoms with E-state index in [4.69, 9.17) is 5.26 Å². The second-order valence-electron chi connectivity index (χ2n) is 4.82. The summed E-state index contributed by atoms with van der Waals surface area (Å²) in [6.07, 6.45) is 1.06. The van der Waals surface area contributed by atoms with Gasteiger partial charge in [-0.25, -0.2) is 0 Å². The molecule has 98 valence electrons. The third kappa shape index (κ3) is 3.92. The van der Waals surface area contributed by atoms with Crippen LogP contribution in [0.4, 0.5) is 0 Å². The summed E-state index contributed by atoms with van der Waals surface area (Å²) in [5.74, 6) is 0. The molecular formula is C16H18N2S. The lowest BCUT2D eigenvalue weighted by atomic mass is 10.1. The normalized spacial score (nSPS) is 12.1. The van der Waals surface area contributed by atoms with Crippen molar-refractivity contribution in [1.29, 1.82) is 5.26 Å². The fourth-order valence-electron chi connectivity index (χ4n) is 2.05. The van der Waals surface area contributed by atoms with Crippen LogP contribution in [0.15, 0.2) is 35.7 Å². The van der Waals surface area contributed by atoms with Gasteiger partial charge in [-0.3, -0.25) is 0 Å². The van der Waals surface area contributed by atoms with Gasteiger partial charge in [0.25, 0.3) is 0 Å². The Balaban J connectivity index is 1.90. The highest BCUT2D eigenvalue weighted by Crippen LogP contribution is 2.13. The largest absolute Gasteiger partial charge is 0.310 e. The van der Waals surface area contributed by atoms with Crippen LogP contribution < -0.4 is 5.32 Å². The SMILES string of the molecule is Cc1cc(C#N)ccc1CNC(C)Cc1cccs1. The molecule has 19 heavy (non-hydrogen) atoms. The summed E-state index contributed by atoms with van der Waals surface area (Å²) in [6.45, 7) is 5.12. The Hall–Kier alpha value is -1.63. The zero-order valence-electron chi connectivity index (χ0n) is 11.3. The molecule has 0 fully saturated rings. The maximum Gasteiger partial charge on any atom is 0.0991 e. The van der Waals surface area contributed by atoms with Crippen molar-refractivity contribution in [3.05, 3.63) is 57.3 Å². The molecule has 0 amide bonds. The van der Waals surface area contributed by atoms with E-state index < -0.39 is 0 Å². The highest BCUT2D eigenvalue weighted by molar-refractivity contribution is 7.09. The van der Waals surface area contributed by atoms with E-state index in [2.05, 4.69) is 42.7 Å². The Morgan fingerprint density at radius 3 is 2.84 bits per heavy atom. The van der Waals surface area contributed by atoms with Gasteiger partial charge in [0.2, 0.25) is 0 Å². The van der Waals surface area contributed by atoms with Crippen LogP contribution in [0.5, 0.6) is 0 Å². The van der Waals surface area contributed by atoms with Crippen LogP contribution in [0.2, 0.25) is 0 Å². The average Bonchev–Trinajstić information content (AvgIpc) is 2.90. The van der Waals surface area contributed by atoms with Gasteiger partial charge in [-0.1, -0.05) is 12.1 Å². The predicted molar refractivity (Wildman–Crippen MR) is 80.2 cm³/mol. The number of thiophene rings is 1. The van der Waals surface area contributed by atoms with E-state index in [1.165, 1.54) is 16.0 Å². The van der Waals surface area contributed by atoms with E-state index in [0.717, 1.165) is 18.5 Å². The van der Waals surface area contributed by atoms with Gasteiger partial charge in [-0.2, -0.15) is 5.26 Å². The lowest BCUT2D eigenvalue weighted by molar-refractivity contribution is 0.547. The molecule has 1 N–H and O–H groups in total. The van der Waals surface area contributed by atoms with Crippen LogP contribution in [0, 0.1) is 18.3 Å². The fourth-order valence-corrected chi connectivity index (χ4v) is 2.89. The number of aryl methyl sites for hydroxylation is 1. The summed E-state index contributed by atoms with van der Waals surface area (Å²) in [4.78, 5) is 1.41. The zero-order valence-corrected chi connectivity index (χ0v) is 12.1. The van der Waals surface area contributed by atoms with E-state index in [9.17, 15) is 0 Å². The van der Waals surface area contributed by atoms with Gasteiger partial charge in [0.05, 0.1) is 11.6 Å². The van der Waals surface area contributed by atoms with Crippen molar-refractivity contribution in [2.75, 3.05) is 0 Å². The number of rotatable bonds is 5. The molecule has 0 spiro atoms. The van der Waals surface area contributed by atoms with Crippen molar-refractivity contribution in [2.45, 2.75) is 32.9 Å². The Bertz CT molecular complexity index is 567. The first-order valence-corrected chi connectivity index (χ1v) is 7.32. The number of nitriles is 1. The molecule has 1 aromatic carbocycles. The van der Waals surface area contributed by atoms with Crippen LogP contribution in [0.1, 0.15) is 28.5 Å². The summed E-state index contributed by atoms with van der Waals surface area (Å²) < 4.78 is 0. The third-order valence-electron chi connectivity index (χ3n) is 3.20. The van der Waals surface area contributed by atoms with Crippen LogP contribution in [0.3, 0.4) is 0 Å². The molecule has 0 aliphatic heterocycles. The fraction of sp³-hybridized carbons (Fsp3) is 0.312. The summed E-state index contributed by atoms with van der Waals surface area (Å²) in [7, 11) is 0. The highest BCUT2D eigenvalue weighted by atomic mass is 32.1. The van der Waals surface area contributed by atoms with Crippen molar-refractivity contribution >= 4 is 11.3 Å². The molecule has 0 bridgehead atoms. The van der Waals surface area contributed by atoms with Gasteiger partial charge in [0.1, 0.15) is 0 Å². The van der Waals surface area contributed by atoms with Crippen LogP contribution in [0.25, 0.3) is 0 Å². The lowest BCUT2D eigenvalue weighted by Gasteiger charge is -2.14. The highest BCUT2D eigenvalue weighted by Gasteiger charge is 2.05. The number of hydrogen-bond donors (Lipinski definition) is 1. The minimum absolute atomic E-state index is 0.452. The van der Waals surface area contributed by atoms with Crippen LogP contribution in [-0.4, -0.2) is 6.04 Å². The Kier molecular flexibility index (Phi) is 4.73. The first-order chi connectivity index (χ1) is 9.19. The van der Waals surface area contributed by atoms with E-state index >= 15 is 0 Å². The van der Waals surface area contributed by atoms with Gasteiger partial charge in [-0.15, -0.1) is 11.3 Å². The maximum atomic E-state index is 8.85. The molecule has 0 saturated heterocycles. The topological polar surface area (TPSA) is 35.8 Å². The first kappa shape index (κ1) is 13.8. The molecule has 1 heterocycles. The summed E-state index contributed by atoms with van der Waals surface area (Å²) in [5.41, 5.74) is 3.17. The molecule has 0 aliphatic carbocycles. The van der Waals surface area contributed by atoms with Crippen molar-refractivity contribution in [2.24, 2.45) is 0 Å². The van der Waals surface area contributed by atoms with Gasteiger partial charge < -0.3 is 5.32 Å². The van der Waals surface area contributed by atoms with E-state index in [-0.39, 0.29) is 0 Å². The smallest absolute Gasteiger partial charge is 0.0991 e. The van der Waals surface area contributed by atoms with Gasteiger partial charge in [0, 0.05) is 17.5 Å². The molecule has 3 heteroatoms. The van der Waals surface area contributed by atoms with Crippen molar-refractivity contribution < 1.29 is 0 Å². The summed E-state index contributed by atoms with van der Waals surface area (Å²) in [6, 6.07) is 12.8. The van der Waals surface area contributed by atoms with E-state index in [1.807, 2.05) is 18.2 Å². The lowest BCUT2D eigenvalue weighted by Crippen LogP contribution is -2.27. The number of nitrogens with zero attached hydrogens (tertiary/aromatic N) is 1. The second-order valence-corrected chi connectivity index (χ2v) is 5.85. The molecule has 1 aromatic heterocycles. The Morgan fingerprint density at radius 2 is 2.21 bits per heavy atom. The van der Waals surface area contributed by atoms with Crippen molar-refractivity contribution in [1.82, 2.24) is 5.32 Å². The maximum absolute atomic E-state index is 8.85. The molecule has 1 unspecified atom stereocenters. The molecule has 0 aliphatic rings. The van der Waals surface area contributed by atoms with Crippen LogP contribution >= 0.6 is 11.3 Å². The molecule has 2 nitrogen and oxygen atoms in total.